The fourth-order valence-electron chi connectivity index (χ4n) is 1.72. The average molecular weight is 281 g/mol. The van der Waals surface area contributed by atoms with Crippen LogP contribution in [0.25, 0.3) is 0 Å². The summed E-state index contributed by atoms with van der Waals surface area (Å²) in [4.78, 5) is 0. The van der Waals surface area contributed by atoms with E-state index < -0.39 is 0 Å². The maximum atomic E-state index is 6.10. The van der Waals surface area contributed by atoms with Crippen LogP contribution in [0.1, 0.15) is 27.2 Å². The minimum atomic E-state index is -0.119. The van der Waals surface area contributed by atoms with Gasteiger partial charge in [0, 0.05) is 7.11 Å². The maximum Gasteiger partial charge on any atom is 0.100 e. The largest absolute Gasteiger partial charge is 0.382 e. The molecule has 1 aliphatic rings. The molecule has 3 atom stereocenters. The van der Waals surface area contributed by atoms with Crippen molar-refractivity contribution in [3.05, 3.63) is 0 Å². The minimum absolute atomic E-state index is 0.0172. The van der Waals surface area contributed by atoms with Gasteiger partial charge in [0.25, 0.3) is 0 Å². The highest BCUT2D eigenvalue weighted by atomic mass is 35.5. The van der Waals surface area contributed by atoms with Crippen LogP contribution in [0.3, 0.4) is 0 Å². The molecule has 5 heteroatoms. The lowest BCUT2D eigenvalue weighted by molar-refractivity contribution is -0.142. The Morgan fingerprint density at radius 3 is 2.28 bits per heavy atom. The smallest absolute Gasteiger partial charge is 0.100 e. The van der Waals surface area contributed by atoms with Crippen LogP contribution in [-0.4, -0.2) is 56.7 Å². The van der Waals surface area contributed by atoms with Crippen molar-refractivity contribution in [1.82, 2.24) is 0 Å². The molecule has 0 amide bonds. The van der Waals surface area contributed by atoms with Crippen molar-refractivity contribution in [2.45, 2.75) is 50.4 Å². The Labute approximate surface area is 115 Å². The van der Waals surface area contributed by atoms with Gasteiger partial charge in [-0.3, -0.25) is 0 Å². The zero-order valence-electron chi connectivity index (χ0n) is 11.8. The quantitative estimate of drug-likeness (QED) is 0.505. The summed E-state index contributed by atoms with van der Waals surface area (Å²) >= 11 is 6.10. The molecule has 0 aromatic heterocycles. The predicted octanol–water partition coefficient (Wildman–Crippen LogP) is 2.23. The number of methoxy groups -OCH3 is 1. The first-order valence-corrected chi connectivity index (χ1v) is 6.88. The van der Waals surface area contributed by atoms with Crippen LogP contribution < -0.4 is 0 Å². The summed E-state index contributed by atoms with van der Waals surface area (Å²) in [6.07, 6.45) is 0.915. The van der Waals surface area contributed by atoms with Gasteiger partial charge in [-0.05, 0) is 27.2 Å². The third-order valence-corrected chi connectivity index (χ3v) is 3.16. The van der Waals surface area contributed by atoms with E-state index in [1.54, 1.807) is 7.11 Å². The normalized spacial score (nSPS) is 28.2. The van der Waals surface area contributed by atoms with Crippen LogP contribution in [0.15, 0.2) is 0 Å². The van der Waals surface area contributed by atoms with Crippen LogP contribution in [0, 0.1) is 0 Å². The Kier molecular flexibility index (Phi) is 6.88. The number of hydrogen-bond donors (Lipinski definition) is 0. The van der Waals surface area contributed by atoms with Gasteiger partial charge in [0.2, 0.25) is 0 Å². The zero-order valence-corrected chi connectivity index (χ0v) is 12.5. The molecule has 0 aromatic rings. The lowest BCUT2D eigenvalue weighted by Crippen LogP contribution is -2.51. The SMILES string of the molecule is COCCOC1C(Cl)CC1OCCOC(C)(C)C. The monoisotopic (exact) mass is 280 g/mol. The average Bonchev–Trinajstić information content (AvgIpc) is 2.27. The van der Waals surface area contributed by atoms with Gasteiger partial charge in [-0.15, -0.1) is 11.6 Å². The molecule has 1 saturated carbocycles. The van der Waals surface area contributed by atoms with E-state index in [0.717, 1.165) is 6.42 Å². The summed E-state index contributed by atoms with van der Waals surface area (Å²) < 4.78 is 21.9. The van der Waals surface area contributed by atoms with Gasteiger partial charge in [-0.2, -0.15) is 0 Å². The van der Waals surface area contributed by atoms with Gasteiger partial charge in [0.05, 0.1) is 43.5 Å². The molecule has 0 bridgehead atoms. The third kappa shape index (κ3) is 5.85. The first kappa shape index (κ1) is 16.2. The van der Waals surface area contributed by atoms with Crippen molar-refractivity contribution in [3.63, 3.8) is 0 Å². The highest BCUT2D eigenvalue weighted by molar-refractivity contribution is 6.21. The van der Waals surface area contributed by atoms with Gasteiger partial charge in [0.15, 0.2) is 0 Å². The molecule has 0 heterocycles. The maximum absolute atomic E-state index is 6.10. The standard InChI is InChI=1S/C13H25ClO4/c1-13(2,3)18-8-7-16-11-9-10(14)12(11)17-6-5-15-4/h10-12H,5-9H2,1-4H3. The second-order valence-electron chi connectivity index (χ2n) is 5.45. The molecule has 108 valence electrons. The van der Waals surface area contributed by atoms with E-state index in [1.807, 2.05) is 20.8 Å². The van der Waals surface area contributed by atoms with E-state index in [4.69, 9.17) is 30.5 Å². The van der Waals surface area contributed by atoms with Crippen LogP contribution in [0.4, 0.5) is 0 Å². The number of halogens is 1. The first-order valence-electron chi connectivity index (χ1n) is 6.44. The lowest BCUT2D eigenvalue weighted by Gasteiger charge is -2.40. The molecule has 4 nitrogen and oxygen atoms in total. The van der Waals surface area contributed by atoms with E-state index in [1.165, 1.54) is 0 Å². The molecular weight excluding hydrogens is 256 g/mol. The highest BCUT2D eigenvalue weighted by Gasteiger charge is 2.41. The van der Waals surface area contributed by atoms with Crippen molar-refractivity contribution in [3.8, 4) is 0 Å². The Morgan fingerprint density at radius 1 is 1.06 bits per heavy atom. The molecule has 3 unspecified atom stereocenters. The zero-order chi connectivity index (χ0) is 13.6. The predicted molar refractivity (Wildman–Crippen MR) is 71.3 cm³/mol. The van der Waals surface area contributed by atoms with Crippen molar-refractivity contribution >= 4 is 11.6 Å². The molecule has 0 saturated heterocycles. The molecule has 0 aliphatic heterocycles. The second kappa shape index (κ2) is 7.65. The summed E-state index contributed by atoms with van der Waals surface area (Å²) in [6, 6.07) is 0. The molecule has 1 rings (SSSR count). The van der Waals surface area contributed by atoms with Crippen molar-refractivity contribution < 1.29 is 18.9 Å². The molecule has 1 fully saturated rings. The Morgan fingerprint density at radius 2 is 1.72 bits per heavy atom. The van der Waals surface area contributed by atoms with Crippen molar-refractivity contribution in [1.29, 1.82) is 0 Å². The highest BCUT2D eigenvalue weighted by Crippen LogP contribution is 2.31. The minimum Gasteiger partial charge on any atom is -0.382 e. The lowest BCUT2D eigenvalue weighted by atomic mass is 9.91. The van der Waals surface area contributed by atoms with Crippen LogP contribution >= 0.6 is 11.6 Å². The van der Waals surface area contributed by atoms with Crippen molar-refractivity contribution in [2.75, 3.05) is 33.5 Å². The summed E-state index contributed by atoms with van der Waals surface area (Å²) in [5, 5.41) is 0.0513. The van der Waals surface area contributed by atoms with E-state index in [-0.39, 0.29) is 23.2 Å². The summed E-state index contributed by atoms with van der Waals surface area (Å²) in [5.41, 5.74) is -0.119. The van der Waals surface area contributed by atoms with E-state index in [9.17, 15) is 0 Å². The van der Waals surface area contributed by atoms with Crippen LogP contribution in [0.2, 0.25) is 0 Å². The second-order valence-corrected chi connectivity index (χ2v) is 6.01. The molecular formula is C13H25ClO4. The van der Waals surface area contributed by atoms with Crippen LogP contribution in [0.5, 0.6) is 0 Å². The molecule has 0 spiro atoms. The Bertz CT molecular complexity index is 230. The number of hydrogen-bond acceptors (Lipinski definition) is 4. The third-order valence-electron chi connectivity index (χ3n) is 2.73. The fraction of sp³-hybridized carbons (Fsp3) is 1.00. The molecule has 0 aromatic carbocycles. The fourth-order valence-corrected chi connectivity index (χ4v) is 2.13. The summed E-state index contributed by atoms with van der Waals surface area (Å²) in [5.74, 6) is 0. The Hall–Kier alpha value is 0.130. The van der Waals surface area contributed by atoms with E-state index in [2.05, 4.69) is 0 Å². The molecule has 0 N–H and O–H groups in total. The molecule has 18 heavy (non-hydrogen) atoms. The number of ether oxygens (including phenoxy) is 4. The van der Waals surface area contributed by atoms with Crippen LogP contribution in [-0.2, 0) is 18.9 Å². The Balaban J connectivity index is 2.10. The van der Waals surface area contributed by atoms with E-state index >= 15 is 0 Å². The van der Waals surface area contributed by atoms with Gasteiger partial charge in [0.1, 0.15) is 6.10 Å². The first-order chi connectivity index (χ1) is 8.44. The number of alkyl halides is 1. The molecule has 0 radical (unpaired) electrons. The summed E-state index contributed by atoms with van der Waals surface area (Å²) in [7, 11) is 1.65. The van der Waals surface area contributed by atoms with Gasteiger partial charge in [-0.25, -0.2) is 0 Å². The summed E-state index contributed by atoms with van der Waals surface area (Å²) in [6.45, 7) is 8.40. The van der Waals surface area contributed by atoms with Crippen molar-refractivity contribution in [2.24, 2.45) is 0 Å². The van der Waals surface area contributed by atoms with Gasteiger partial charge >= 0.3 is 0 Å². The molecule has 1 aliphatic carbocycles. The number of rotatable bonds is 8. The van der Waals surface area contributed by atoms with Gasteiger partial charge < -0.3 is 18.9 Å². The van der Waals surface area contributed by atoms with Gasteiger partial charge in [-0.1, -0.05) is 0 Å². The van der Waals surface area contributed by atoms with E-state index in [0.29, 0.717) is 26.4 Å². The topological polar surface area (TPSA) is 36.9 Å².